The second-order valence-corrected chi connectivity index (χ2v) is 15.9. The molecule has 0 N–H and O–H groups in total. The van der Waals surface area contributed by atoms with Gasteiger partial charge in [0, 0.05) is 48.3 Å². The third kappa shape index (κ3) is 5.25. The van der Waals surface area contributed by atoms with Gasteiger partial charge in [-0.25, -0.2) is 15.0 Å². The number of hydrogen-bond acceptors (Lipinski definition) is 4. The molecule has 58 heavy (non-hydrogen) atoms. The fourth-order valence-electron chi connectivity index (χ4n) is 8.61. The summed E-state index contributed by atoms with van der Waals surface area (Å²) in [5.41, 5.74) is 8.80. The van der Waals surface area contributed by atoms with Gasteiger partial charge in [-0.1, -0.05) is 170 Å². The predicted molar refractivity (Wildman–Crippen MR) is 244 cm³/mol. The fraction of sp³-hybridized carbons (Fsp3) is 0. The van der Waals surface area contributed by atoms with Crippen molar-refractivity contribution in [2.24, 2.45) is 0 Å². The van der Waals surface area contributed by atoms with Gasteiger partial charge in [0.25, 0.3) is 0 Å². The monoisotopic (exact) mass is 756 g/mol. The minimum Gasteiger partial charge on any atom is -0.307 e. The molecule has 5 heteroatoms. The first-order valence-corrected chi connectivity index (χ1v) is 20.3. The van der Waals surface area contributed by atoms with E-state index in [-0.39, 0.29) is 0 Å². The molecule has 0 aliphatic rings. The maximum Gasteiger partial charge on any atom is 0.164 e. The van der Waals surface area contributed by atoms with Gasteiger partial charge in [0.15, 0.2) is 17.5 Å². The molecule has 12 aromatic rings. The van der Waals surface area contributed by atoms with E-state index < -0.39 is 0 Å². The highest BCUT2D eigenvalue weighted by Crippen LogP contribution is 2.43. The molecule has 0 amide bonds. The van der Waals surface area contributed by atoms with Crippen molar-refractivity contribution in [1.82, 2.24) is 19.5 Å². The minimum absolute atomic E-state index is 0.644. The smallest absolute Gasteiger partial charge is 0.164 e. The van der Waals surface area contributed by atoms with Crippen molar-refractivity contribution in [3.05, 3.63) is 194 Å². The van der Waals surface area contributed by atoms with Gasteiger partial charge in [0.05, 0.1) is 21.4 Å². The quantitative estimate of drug-likeness (QED) is 0.176. The number of nitrogens with zero attached hydrogens (tertiary/aromatic N) is 4. The van der Waals surface area contributed by atoms with Gasteiger partial charge in [-0.3, -0.25) is 0 Å². The number of hydrogen-bond donors (Lipinski definition) is 0. The van der Waals surface area contributed by atoms with Crippen molar-refractivity contribution in [3.8, 4) is 51.0 Å². The number of benzene rings is 9. The fourth-order valence-corrected chi connectivity index (χ4v) is 9.86. The first kappa shape index (κ1) is 32.7. The molecule has 0 unspecified atom stereocenters. The van der Waals surface area contributed by atoms with Crippen molar-refractivity contribution in [2.45, 2.75) is 0 Å². The summed E-state index contributed by atoms with van der Waals surface area (Å²) in [7, 11) is 0. The zero-order chi connectivity index (χ0) is 38.2. The van der Waals surface area contributed by atoms with Crippen LogP contribution in [0.2, 0.25) is 0 Å². The number of aromatic nitrogens is 4. The molecule has 4 nitrogen and oxygen atoms in total. The zero-order valence-electron chi connectivity index (χ0n) is 31.2. The molecule has 3 aromatic heterocycles. The van der Waals surface area contributed by atoms with Crippen molar-refractivity contribution in [3.63, 3.8) is 0 Å². The molecule has 9 aromatic carbocycles. The second kappa shape index (κ2) is 13.1. The summed E-state index contributed by atoms with van der Waals surface area (Å²) in [6.45, 7) is 0. The zero-order valence-corrected chi connectivity index (χ0v) is 32.0. The molecule has 0 atom stereocenters. The molecule has 270 valence electrons. The van der Waals surface area contributed by atoms with Crippen LogP contribution in [0.5, 0.6) is 0 Å². The third-order valence-corrected chi connectivity index (χ3v) is 12.6. The molecule has 0 saturated carbocycles. The summed E-state index contributed by atoms with van der Waals surface area (Å²) in [6, 6.07) is 69.2. The summed E-state index contributed by atoms with van der Waals surface area (Å²) < 4.78 is 4.91. The maximum atomic E-state index is 5.17. The molecular weight excluding hydrogens is 725 g/mol. The number of para-hydroxylation sites is 1. The molecule has 0 aliphatic heterocycles. The van der Waals surface area contributed by atoms with E-state index >= 15 is 0 Å². The molecule has 0 fully saturated rings. The van der Waals surface area contributed by atoms with Crippen molar-refractivity contribution < 1.29 is 0 Å². The molecule has 0 radical (unpaired) electrons. The van der Waals surface area contributed by atoms with Crippen LogP contribution in [0.15, 0.2) is 194 Å². The van der Waals surface area contributed by atoms with Gasteiger partial charge in [-0.05, 0) is 51.6 Å². The first-order valence-electron chi connectivity index (χ1n) is 19.5. The van der Waals surface area contributed by atoms with E-state index in [1.54, 1.807) is 0 Å². The largest absolute Gasteiger partial charge is 0.307 e. The van der Waals surface area contributed by atoms with Crippen LogP contribution in [0, 0.1) is 0 Å². The Labute approximate surface area is 338 Å². The molecular formula is C53H32N4S. The Morgan fingerprint density at radius 3 is 1.74 bits per heavy atom. The van der Waals surface area contributed by atoms with E-state index in [0.29, 0.717) is 17.5 Å². The summed E-state index contributed by atoms with van der Waals surface area (Å²) in [5, 5.41) is 9.79. The van der Waals surface area contributed by atoms with Gasteiger partial charge in [0.2, 0.25) is 0 Å². The molecule has 3 heterocycles. The number of thiophene rings is 1. The predicted octanol–water partition coefficient (Wildman–Crippen LogP) is 14.3. The lowest BCUT2D eigenvalue weighted by Crippen LogP contribution is -2.00. The molecule has 0 saturated heterocycles. The lowest BCUT2D eigenvalue weighted by atomic mass is 10.0. The van der Waals surface area contributed by atoms with Gasteiger partial charge in [0.1, 0.15) is 0 Å². The van der Waals surface area contributed by atoms with Crippen molar-refractivity contribution in [2.75, 3.05) is 0 Å². The van der Waals surface area contributed by atoms with Crippen LogP contribution in [0.3, 0.4) is 0 Å². The molecule has 0 bridgehead atoms. The summed E-state index contributed by atoms with van der Waals surface area (Å²) in [4.78, 5) is 15.4. The Morgan fingerprint density at radius 2 is 0.914 bits per heavy atom. The van der Waals surface area contributed by atoms with E-state index in [2.05, 4.69) is 193 Å². The van der Waals surface area contributed by atoms with Crippen LogP contribution in [-0.4, -0.2) is 19.5 Å². The van der Waals surface area contributed by atoms with Gasteiger partial charge in [-0.15, -0.1) is 11.3 Å². The molecule has 0 aliphatic carbocycles. The summed E-state index contributed by atoms with van der Waals surface area (Å²) in [5.74, 6) is 1.94. The van der Waals surface area contributed by atoms with Gasteiger partial charge >= 0.3 is 0 Å². The van der Waals surface area contributed by atoms with Gasteiger partial charge in [-0.2, -0.15) is 0 Å². The van der Waals surface area contributed by atoms with Crippen molar-refractivity contribution in [1.29, 1.82) is 0 Å². The molecule has 0 spiro atoms. The van der Waals surface area contributed by atoms with Crippen LogP contribution in [0.1, 0.15) is 0 Å². The Morgan fingerprint density at radius 1 is 0.345 bits per heavy atom. The highest BCUT2D eigenvalue weighted by atomic mass is 32.1. The lowest BCUT2D eigenvalue weighted by Gasteiger charge is -2.11. The minimum atomic E-state index is 0.644. The number of rotatable bonds is 5. The second-order valence-electron chi connectivity index (χ2n) is 14.8. The Bertz CT molecular complexity index is 3560. The van der Waals surface area contributed by atoms with Crippen LogP contribution >= 0.6 is 11.3 Å². The Hall–Kier alpha value is -7.47. The molecule has 12 rings (SSSR count). The summed E-state index contributed by atoms with van der Waals surface area (Å²) in [6.07, 6.45) is 0. The standard InChI is InChI=1S/C53H32N4S/c1-2-11-33(12-3-1)35-21-24-37(25-22-35)51-54-52(39-26-23-34-13-4-5-15-38(34)31-39)56-53(55-51)40-28-29-43-45-18-10-20-47(50(45)58-48(43)32-40)57-46-19-9-8-17-42(46)44-30-27-36-14-6-7-16-41(36)49(44)57/h1-32H. The van der Waals surface area contributed by atoms with Crippen LogP contribution in [-0.2, 0) is 0 Å². The van der Waals surface area contributed by atoms with Crippen LogP contribution < -0.4 is 0 Å². The van der Waals surface area contributed by atoms with E-state index in [1.807, 2.05) is 17.4 Å². The van der Waals surface area contributed by atoms with E-state index in [1.165, 1.54) is 69.4 Å². The first-order chi connectivity index (χ1) is 28.7. The van der Waals surface area contributed by atoms with Crippen molar-refractivity contribution >= 4 is 74.9 Å². The maximum absolute atomic E-state index is 5.17. The van der Waals surface area contributed by atoms with E-state index in [0.717, 1.165) is 27.6 Å². The van der Waals surface area contributed by atoms with Gasteiger partial charge < -0.3 is 4.57 Å². The summed E-state index contributed by atoms with van der Waals surface area (Å²) >= 11 is 1.83. The number of fused-ring (bicyclic) bond motifs is 9. The highest BCUT2D eigenvalue weighted by Gasteiger charge is 2.19. The highest BCUT2D eigenvalue weighted by molar-refractivity contribution is 7.26. The Balaban J connectivity index is 1.04. The topological polar surface area (TPSA) is 43.6 Å². The SMILES string of the molecule is c1ccc(-c2ccc(-c3nc(-c4ccc5ccccc5c4)nc(-c4ccc5c(c4)sc4c(-n6c7ccccc7c7ccc8ccccc8c76)cccc45)n3)cc2)cc1. The van der Waals surface area contributed by atoms with E-state index in [4.69, 9.17) is 15.0 Å². The Kier molecular flexibility index (Phi) is 7.37. The lowest BCUT2D eigenvalue weighted by molar-refractivity contribution is 1.08. The third-order valence-electron chi connectivity index (χ3n) is 11.4. The van der Waals surface area contributed by atoms with Crippen LogP contribution in [0.25, 0.3) is 115 Å². The van der Waals surface area contributed by atoms with Crippen LogP contribution in [0.4, 0.5) is 0 Å². The average Bonchev–Trinajstić information content (AvgIpc) is 3.85. The van der Waals surface area contributed by atoms with E-state index in [9.17, 15) is 0 Å². The normalized spacial score (nSPS) is 11.8. The average molecular weight is 757 g/mol.